The summed E-state index contributed by atoms with van der Waals surface area (Å²) in [5, 5.41) is 15.2. The van der Waals surface area contributed by atoms with Gasteiger partial charge in [-0.15, -0.1) is 0 Å². The number of nitrogens with zero attached hydrogens (tertiary/aromatic N) is 2. The Morgan fingerprint density at radius 1 is 1.25 bits per heavy atom. The fourth-order valence-electron chi connectivity index (χ4n) is 2.28. The van der Waals surface area contributed by atoms with E-state index in [0.717, 1.165) is 12.8 Å². The minimum atomic E-state index is -0.728. The highest BCUT2D eigenvalue weighted by Gasteiger charge is 2.29. The molecule has 1 aliphatic rings. The summed E-state index contributed by atoms with van der Waals surface area (Å²) in [6.45, 7) is 1.61. The number of aliphatic hydroxyl groups is 1. The summed E-state index contributed by atoms with van der Waals surface area (Å²) >= 11 is 0. The summed E-state index contributed by atoms with van der Waals surface area (Å²) in [5.74, 6) is -0.0207. The Hall–Kier alpha value is -2.80. The quantitative estimate of drug-likeness (QED) is 0.781. The summed E-state index contributed by atoms with van der Waals surface area (Å²) in [7, 11) is 0. The van der Waals surface area contributed by atoms with Crippen LogP contribution in [0, 0.1) is 5.92 Å². The summed E-state index contributed by atoms with van der Waals surface area (Å²) in [6, 6.07) is 4.72. The molecule has 1 atom stereocenters. The van der Waals surface area contributed by atoms with E-state index in [1.54, 1.807) is 25.3 Å². The smallest absolute Gasteiger partial charge is 0.255 e. The molecular formula is C17H18N4O3. The van der Waals surface area contributed by atoms with E-state index >= 15 is 0 Å². The SMILES string of the molecule is CC(O)c1ccncc1NC(=O)c1ccnc(NC(=O)C2CC2)c1. The molecule has 0 saturated heterocycles. The van der Waals surface area contributed by atoms with Crippen LogP contribution >= 0.6 is 0 Å². The number of pyridine rings is 2. The van der Waals surface area contributed by atoms with Crippen molar-refractivity contribution < 1.29 is 14.7 Å². The third-order valence-corrected chi connectivity index (χ3v) is 3.77. The van der Waals surface area contributed by atoms with Crippen LogP contribution in [0.1, 0.15) is 41.8 Å². The van der Waals surface area contributed by atoms with Crippen molar-refractivity contribution in [3.63, 3.8) is 0 Å². The molecule has 0 radical (unpaired) electrons. The summed E-state index contributed by atoms with van der Waals surface area (Å²) < 4.78 is 0. The average Bonchev–Trinajstić information content (AvgIpc) is 3.40. The van der Waals surface area contributed by atoms with Crippen LogP contribution in [0.2, 0.25) is 0 Å². The van der Waals surface area contributed by atoms with Crippen molar-refractivity contribution in [2.75, 3.05) is 10.6 Å². The van der Waals surface area contributed by atoms with Gasteiger partial charge in [0.25, 0.3) is 5.91 Å². The lowest BCUT2D eigenvalue weighted by Crippen LogP contribution is -2.17. The molecule has 0 bridgehead atoms. The molecule has 1 aliphatic carbocycles. The number of carbonyl (C=O) groups is 2. The Kier molecular flexibility index (Phi) is 4.52. The maximum absolute atomic E-state index is 12.4. The lowest BCUT2D eigenvalue weighted by atomic mass is 10.1. The van der Waals surface area contributed by atoms with Gasteiger partial charge < -0.3 is 15.7 Å². The van der Waals surface area contributed by atoms with Gasteiger partial charge in [0.15, 0.2) is 0 Å². The zero-order chi connectivity index (χ0) is 17.1. The third-order valence-electron chi connectivity index (χ3n) is 3.77. The molecule has 0 spiro atoms. The van der Waals surface area contributed by atoms with Crippen molar-refractivity contribution in [3.05, 3.63) is 47.9 Å². The average molecular weight is 326 g/mol. The van der Waals surface area contributed by atoms with Crippen LogP contribution < -0.4 is 10.6 Å². The summed E-state index contributed by atoms with van der Waals surface area (Å²) in [6.07, 6.45) is 5.57. The number of aliphatic hydroxyl groups excluding tert-OH is 1. The van der Waals surface area contributed by atoms with Gasteiger partial charge in [-0.2, -0.15) is 0 Å². The van der Waals surface area contributed by atoms with Crippen LogP contribution in [0.3, 0.4) is 0 Å². The van der Waals surface area contributed by atoms with E-state index in [2.05, 4.69) is 20.6 Å². The number of anilines is 2. The molecule has 3 rings (SSSR count). The molecule has 0 aromatic carbocycles. The van der Waals surface area contributed by atoms with Gasteiger partial charge in [0, 0.05) is 29.4 Å². The monoisotopic (exact) mass is 326 g/mol. The minimum Gasteiger partial charge on any atom is -0.389 e. The van der Waals surface area contributed by atoms with E-state index in [1.165, 1.54) is 18.5 Å². The Morgan fingerprint density at radius 3 is 2.75 bits per heavy atom. The molecule has 2 heterocycles. The lowest BCUT2D eigenvalue weighted by Gasteiger charge is -2.12. The molecule has 124 valence electrons. The second-order valence-corrected chi connectivity index (χ2v) is 5.79. The van der Waals surface area contributed by atoms with Crippen molar-refractivity contribution in [2.45, 2.75) is 25.9 Å². The molecule has 7 heteroatoms. The first kappa shape index (κ1) is 16.1. The van der Waals surface area contributed by atoms with Gasteiger partial charge >= 0.3 is 0 Å². The standard InChI is InChI=1S/C17H18N4O3/c1-10(22)13-5-6-18-9-14(13)20-17(24)12-4-7-19-15(8-12)21-16(23)11-2-3-11/h4-11,22H,2-3H2,1H3,(H,20,24)(H,19,21,23). The normalized spacial score (nSPS) is 14.8. The second-order valence-electron chi connectivity index (χ2n) is 5.79. The number of carbonyl (C=O) groups excluding carboxylic acids is 2. The van der Waals surface area contributed by atoms with E-state index < -0.39 is 6.10 Å². The highest BCUT2D eigenvalue weighted by Crippen LogP contribution is 2.30. The maximum Gasteiger partial charge on any atom is 0.255 e. The summed E-state index contributed by atoms with van der Waals surface area (Å²) in [5.41, 5.74) is 1.38. The highest BCUT2D eigenvalue weighted by atomic mass is 16.3. The van der Waals surface area contributed by atoms with Crippen molar-refractivity contribution in [1.82, 2.24) is 9.97 Å². The van der Waals surface area contributed by atoms with Gasteiger partial charge in [0.1, 0.15) is 5.82 Å². The molecule has 2 aromatic heterocycles. The zero-order valence-corrected chi connectivity index (χ0v) is 13.2. The number of hydrogen-bond donors (Lipinski definition) is 3. The fourth-order valence-corrected chi connectivity index (χ4v) is 2.28. The van der Waals surface area contributed by atoms with Gasteiger partial charge in [-0.05, 0) is 38.0 Å². The van der Waals surface area contributed by atoms with Crippen LogP contribution in [0.25, 0.3) is 0 Å². The van der Waals surface area contributed by atoms with E-state index in [9.17, 15) is 14.7 Å². The Bertz CT molecular complexity index is 772. The fraction of sp³-hybridized carbons (Fsp3) is 0.294. The van der Waals surface area contributed by atoms with E-state index in [4.69, 9.17) is 0 Å². The molecular weight excluding hydrogens is 308 g/mol. The maximum atomic E-state index is 12.4. The molecule has 1 unspecified atom stereocenters. The van der Waals surface area contributed by atoms with Gasteiger partial charge in [0.2, 0.25) is 5.91 Å². The van der Waals surface area contributed by atoms with Crippen LogP contribution in [0.15, 0.2) is 36.8 Å². The predicted octanol–water partition coefficient (Wildman–Crippen LogP) is 2.13. The zero-order valence-electron chi connectivity index (χ0n) is 13.2. The topological polar surface area (TPSA) is 104 Å². The number of hydrogen-bond acceptors (Lipinski definition) is 5. The van der Waals surface area contributed by atoms with E-state index in [0.29, 0.717) is 22.6 Å². The minimum absolute atomic E-state index is 0.0632. The Morgan fingerprint density at radius 2 is 2.04 bits per heavy atom. The predicted molar refractivity (Wildman–Crippen MR) is 88.4 cm³/mol. The van der Waals surface area contributed by atoms with Crippen LogP contribution in [-0.2, 0) is 4.79 Å². The second kappa shape index (κ2) is 6.76. The molecule has 24 heavy (non-hydrogen) atoms. The van der Waals surface area contributed by atoms with Gasteiger partial charge in [-0.1, -0.05) is 0 Å². The van der Waals surface area contributed by atoms with Gasteiger partial charge in [-0.25, -0.2) is 4.98 Å². The molecule has 2 amide bonds. The van der Waals surface area contributed by atoms with E-state index in [1.807, 2.05) is 0 Å². The molecule has 3 N–H and O–H groups in total. The Labute approximate surface area is 139 Å². The number of aromatic nitrogens is 2. The van der Waals surface area contributed by atoms with Crippen molar-refractivity contribution in [2.24, 2.45) is 5.92 Å². The van der Waals surface area contributed by atoms with E-state index in [-0.39, 0.29) is 17.7 Å². The first-order valence-corrected chi connectivity index (χ1v) is 7.75. The van der Waals surface area contributed by atoms with Gasteiger partial charge in [0.05, 0.1) is 18.0 Å². The third kappa shape index (κ3) is 3.75. The van der Waals surface area contributed by atoms with Gasteiger partial charge in [-0.3, -0.25) is 14.6 Å². The summed E-state index contributed by atoms with van der Waals surface area (Å²) in [4.78, 5) is 32.2. The lowest BCUT2D eigenvalue weighted by molar-refractivity contribution is -0.117. The van der Waals surface area contributed by atoms with Crippen molar-refractivity contribution in [1.29, 1.82) is 0 Å². The first-order valence-electron chi connectivity index (χ1n) is 7.75. The molecule has 7 nitrogen and oxygen atoms in total. The molecule has 2 aromatic rings. The van der Waals surface area contributed by atoms with Crippen LogP contribution in [0.5, 0.6) is 0 Å². The van der Waals surface area contributed by atoms with Crippen molar-refractivity contribution in [3.8, 4) is 0 Å². The Balaban J connectivity index is 1.74. The highest BCUT2D eigenvalue weighted by molar-refractivity contribution is 6.05. The van der Waals surface area contributed by atoms with Crippen molar-refractivity contribution >= 4 is 23.3 Å². The number of rotatable bonds is 5. The molecule has 0 aliphatic heterocycles. The first-order chi connectivity index (χ1) is 11.5. The molecule has 1 saturated carbocycles. The van der Waals surface area contributed by atoms with Crippen LogP contribution in [0.4, 0.5) is 11.5 Å². The number of amides is 2. The largest absolute Gasteiger partial charge is 0.389 e. The molecule has 1 fully saturated rings. The number of nitrogens with one attached hydrogen (secondary N) is 2. The van der Waals surface area contributed by atoms with Crippen LogP contribution in [-0.4, -0.2) is 26.9 Å².